The maximum atomic E-state index is 11.8. The topological polar surface area (TPSA) is 80.7 Å². The lowest BCUT2D eigenvalue weighted by molar-refractivity contribution is 0.538. The van der Waals surface area contributed by atoms with Crippen LogP contribution in [0.25, 0.3) is 21.8 Å². The minimum absolute atomic E-state index is 0.108. The highest BCUT2D eigenvalue weighted by Crippen LogP contribution is 2.65. The van der Waals surface area contributed by atoms with E-state index in [-0.39, 0.29) is 10.1 Å². The molecular formula is C28H35N4O2PS. The Bertz CT molecular complexity index is 1590. The molecule has 0 amide bonds. The second-order valence-corrected chi connectivity index (χ2v) is 15.9. The first-order valence-electron chi connectivity index (χ1n) is 12.6. The summed E-state index contributed by atoms with van der Waals surface area (Å²) in [7, 11) is -6.02. The number of benzene rings is 3. The van der Waals surface area contributed by atoms with E-state index < -0.39 is 17.2 Å². The molecule has 5 rings (SSSR count). The summed E-state index contributed by atoms with van der Waals surface area (Å²) in [5, 5.41) is 9.00. The van der Waals surface area contributed by atoms with Crippen LogP contribution in [0.4, 0.5) is 5.69 Å². The molecule has 2 heterocycles. The fourth-order valence-corrected chi connectivity index (χ4v) is 10.6. The second-order valence-electron chi connectivity index (χ2n) is 10.5. The van der Waals surface area contributed by atoms with Crippen LogP contribution in [0.15, 0.2) is 76.4 Å². The summed E-state index contributed by atoms with van der Waals surface area (Å²) in [5.41, 5.74) is 3.28. The molecule has 1 aliphatic heterocycles. The van der Waals surface area contributed by atoms with E-state index in [9.17, 15) is 8.42 Å². The lowest BCUT2D eigenvalue weighted by atomic mass is 10.1. The molecule has 1 saturated heterocycles. The van der Waals surface area contributed by atoms with Crippen LogP contribution in [0.1, 0.15) is 40.5 Å². The van der Waals surface area contributed by atoms with Crippen molar-refractivity contribution in [2.75, 3.05) is 13.1 Å². The number of aromatic nitrogens is 1. The summed E-state index contributed by atoms with van der Waals surface area (Å²) in [4.78, 5) is 0.108. The van der Waals surface area contributed by atoms with E-state index in [1.807, 2.05) is 0 Å². The summed E-state index contributed by atoms with van der Waals surface area (Å²) < 4.78 is 34.2. The van der Waals surface area contributed by atoms with Crippen LogP contribution in [0.3, 0.4) is 0 Å². The fraction of sp³-hybridized carbons (Fsp3) is 0.357. The average molecular weight is 523 g/mol. The van der Waals surface area contributed by atoms with Crippen LogP contribution in [0.5, 0.6) is 0 Å². The molecule has 1 fully saturated rings. The molecule has 8 heteroatoms. The second kappa shape index (κ2) is 9.14. The maximum absolute atomic E-state index is 11.8. The molecule has 36 heavy (non-hydrogen) atoms. The van der Waals surface area contributed by atoms with Gasteiger partial charge < -0.3 is 4.57 Å². The highest BCUT2D eigenvalue weighted by molar-refractivity contribution is 7.89. The molecule has 2 N–H and O–H groups in total. The Balaban J connectivity index is 1.82. The molecule has 0 spiro atoms. The van der Waals surface area contributed by atoms with Crippen molar-refractivity contribution in [1.29, 1.82) is 0 Å². The Hall–Kier alpha value is -2.44. The monoisotopic (exact) mass is 522 g/mol. The Labute approximate surface area is 214 Å². The number of nitrogens with two attached hydrogens (primary N) is 1. The first-order valence-corrected chi connectivity index (χ1v) is 15.8. The van der Waals surface area contributed by atoms with Crippen LogP contribution in [-0.2, 0) is 16.6 Å². The lowest BCUT2D eigenvalue weighted by Crippen LogP contribution is -2.35. The zero-order chi connectivity index (χ0) is 25.7. The molecular weight excluding hydrogens is 487 g/mol. The third-order valence-corrected chi connectivity index (χ3v) is 12.8. The van der Waals surface area contributed by atoms with Gasteiger partial charge in [-0.2, -0.15) is 0 Å². The van der Waals surface area contributed by atoms with Crippen LogP contribution in [0, 0.1) is 0 Å². The highest BCUT2D eigenvalue weighted by Gasteiger charge is 2.42. The quantitative estimate of drug-likeness (QED) is 0.307. The van der Waals surface area contributed by atoms with Gasteiger partial charge in [-0.15, -0.1) is 0 Å². The summed E-state index contributed by atoms with van der Waals surface area (Å²) in [6, 6.07) is 22.3. The molecule has 4 aromatic rings. The van der Waals surface area contributed by atoms with Gasteiger partial charge in [-0.3, -0.25) is 4.67 Å². The van der Waals surface area contributed by atoms with E-state index in [0.29, 0.717) is 0 Å². The van der Waals surface area contributed by atoms with Crippen molar-refractivity contribution in [2.24, 2.45) is 9.88 Å². The Morgan fingerprint density at radius 3 is 2.17 bits per heavy atom. The molecule has 0 bridgehead atoms. The van der Waals surface area contributed by atoms with Gasteiger partial charge >= 0.3 is 0 Å². The normalized spacial score (nSPS) is 17.0. The highest BCUT2D eigenvalue weighted by atomic mass is 32.2. The largest absolute Gasteiger partial charge is 0.341 e. The summed E-state index contributed by atoms with van der Waals surface area (Å²) in [6.07, 6.45) is 2.32. The van der Waals surface area contributed by atoms with Gasteiger partial charge in [0.25, 0.3) is 0 Å². The van der Waals surface area contributed by atoms with Crippen molar-refractivity contribution < 1.29 is 8.42 Å². The molecule has 1 aromatic heterocycles. The van der Waals surface area contributed by atoms with E-state index in [2.05, 4.69) is 79.4 Å². The number of sulfonamides is 1. The van der Waals surface area contributed by atoms with Crippen molar-refractivity contribution in [1.82, 2.24) is 9.24 Å². The van der Waals surface area contributed by atoms with E-state index in [1.165, 1.54) is 27.1 Å². The smallest absolute Gasteiger partial charge is 0.238 e. The molecule has 190 valence electrons. The lowest BCUT2D eigenvalue weighted by Gasteiger charge is -2.44. The third-order valence-electron chi connectivity index (χ3n) is 7.28. The minimum atomic E-state index is -3.75. The van der Waals surface area contributed by atoms with Gasteiger partial charge in [-0.05, 0) is 68.3 Å². The molecule has 0 unspecified atom stereocenters. The van der Waals surface area contributed by atoms with Gasteiger partial charge in [0.15, 0.2) is 0 Å². The van der Waals surface area contributed by atoms with E-state index in [0.717, 1.165) is 38.2 Å². The Morgan fingerprint density at radius 1 is 0.917 bits per heavy atom. The molecule has 0 aliphatic carbocycles. The van der Waals surface area contributed by atoms with Gasteiger partial charge in [0.05, 0.1) is 17.8 Å². The van der Waals surface area contributed by atoms with Crippen molar-refractivity contribution in [3.63, 3.8) is 0 Å². The van der Waals surface area contributed by atoms with Crippen LogP contribution in [-0.4, -0.2) is 35.9 Å². The number of hydrogen-bond acceptors (Lipinski definition) is 3. The SMILES string of the molecule is CCn1c2ccccc2c2cc([P@@](=Nc3ccc(S(N)(=O)=O)cc3)(N3CCCC3)C(C)(C)C)ccc21. The van der Waals surface area contributed by atoms with Crippen molar-refractivity contribution in [3.8, 4) is 0 Å². The Morgan fingerprint density at radius 2 is 1.56 bits per heavy atom. The Kier molecular flexibility index (Phi) is 6.40. The predicted octanol–water partition coefficient (Wildman–Crippen LogP) is 6.43. The van der Waals surface area contributed by atoms with E-state index in [1.54, 1.807) is 24.3 Å². The summed E-state index contributed by atoms with van der Waals surface area (Å²) in [6.45, 7) is 12.0. The zero-order valence-electron chi connectivity index (χ0n) is 21.5. The maximum Gasteiger partial charge on any atom is 0.238 e. The average Bonchev–Trinajstić information content (AvgIpc) is 3.48. The van der Waals surface area contributed by atoms with E-state index in [4.69, 9.17) is 9.88 Å². The first kappa shape index (κ1) is 25.2. The van der Waals surface area contributed by atoms with Crippen molar-refractivity contribution >= 4 is 50.0 Å². The van der Waals surface area contributed by atoms with Gasteiger partial charge in [0.1, 0.15) is 0 Å². The molecule has 0 saturated carbocycles. The zero-order valence-corrected chi connectivity index (χ0v) is 23.2. The van der Waals surface area contributed by atoms with Gasteiger partial charge in [-0.25, -0.2) is 18.3 Å². The molecule has 6 nitrogen and oxygen atoms in total. The van der Waals surface area contributed by atoms with Crippen molar-refractivity contribution in [2.45, 2.75) is 57.1 Å². The van der Waals surface area contributed by atoms with Gasteiger partial charge in [0, 0.05) is 51.9 Å². The first-order chi connectivity index (χ1) is 17.1. The number of fused-ring (bicyclic) bond motifs is 3. The predicted molar refractivity (Wildman–Crippen MR) is 152 cm³/mol. The third kappa shape index (κ3) is 4.12. The van der Waals surface area contributed by atoms with Gasteiger partial charge in [0.2, 0.25) is 10.0 Å². The molecule has 3 aromatic carbocycles. The van der Waals surface area contributed by atoms with Crippen LogP contribution >= 0.6 is 7.21 Å². The molecule has 1 aliphatic rings. The number of nitrogens with zero attached hydrogens (tertiary/aromatic N) is 3. The van der Waals surface area contributed by atoms with Crippen molar-refractivity contribution in [3.05, 3.63) is 66.7 Å². The van der Waals surface area contributed by atoms with E-state index >= 15 is 0 Å². The fourth-order valence-electron chi connectivity index (χ4n) is 5.68. The number of rotatable bonds is 5. The number of hydrogen-bond donors (Lipinski definition) is 1. The molecule has 1 atom stereocenters. The standard InChI is InChI=1S/C28H35N4O2PS/c1-5-32-26-11-7-6-10-24(26)25-20-22(14-17-27(25)32)35(28(2,3)4,31-18-8-9-19-31)30-21-12-15-23(16-13-21)36(29,33)34/h6-7,10-17,20H,5,8-9,18-19H2,1-4H3,(H2,29,33,34)/t35-/m1/s1. The molecule has 0 radical (unpaired) electrons. The number of primary sulfonamides is 1. The minimum Gasteiger partial charge on any atom is -0.341 e. The number of aryl methyl sites for hydroxylation is 1. The van der Waals surface area contributed by atoms with Gasteiger partial charge in [-0.1, -0.05) is 39.0 Å². The summed E-state index contributed by atoms with van der Waals surface area (Å²) in [5.74, 6) is 0. The van der Waals surface area contributed by atoms with Crippen LogP contribution < -0.4 is 10.4 Å². The van der Waals surface area contributed by atoms with Crippen LogP contribution in [0.2, 0.25) is 0 Å². The summed E-state index contributed by atoms with van der Waals surface area (Å²) >= 11 is 0. The number of para-hydroxylation sites is 1.